The zero-order chi connectivity index (χ0) is 29.9. The van der Waals surface area contributed by atoms with Gasteiger partial charge in [-0.15, -0.1) is 11.3 Å². The number of thiophene rings is 1. The molecule has 2 atom stereocenters. The fourth-order valence-electron chi connectivity index (χ4n) is 4.51. The Bertz CT molecular complexity index is 1500. The van der Waals surface area contributed by atoms with Crippen LogP contribution < -0.4 is 16.4 Å². The molecule has 1 saturated heterocycles. The van der Waals surface area contributed by atoms with Crippen LogP contribution >= 0.6 is 11.3 Å². The number of carbonyl (C=O) groups excluding carboxylic acids is 3. The van der Waals surface area contributed by atoms with E-state index in [4.69, 9.17) is 15.6 Å². The van der Waals surface area contributed by atoms with E-state index in [1.54, 1.807) is 25.7 Å². The van der Waals surface area contributed by atoms with Crippen molar-refractivity contribution in [3.8, 4) is 0 Å². The molecule has 0 saturated carbocycles. The van der Waals surface area contributed by atoms with Crippen molar-refractivity contribution in [3.63, 3.8) is 0 Å². The zero-order valence-corrected chi connectivity index (χ0v) is 24.5. The van der Waals surface area contributed by atoms with E-state index in [1.165, 1.54) is 32.6 Å². The number of hydrogen-bond acceptors (Lipinski definition) is 7. The van der Waals surface area contributed by atoms with Gasteiger partial charge in [0.15, 0.2) is 0 Å². The average molecular weight is 580 g/mol. The molecule has 2 aromatic carbocycles. The van der Waals surface area contributed by atoms with Gasteiger partial charge in [0.05, 0.1) is 12.6 Å². The van der Waals surface area contributed by atoms with Crippen molar-refractivity contribution in [2.45, 2.75) is 38.8 Å². The van der Waals surface area contributed by atoms with E-state index in [0.717, 1.165) is 22.5 Å². The average Bonchev–Trinajstić information content (AvgIpc) is 3.71. The number of likely N-dealkylation sites (tertiary alicyclic amines) is 1. The zero-order valence-electron chi connectivity index (χ0n) is 23.7. The first-order valence-electron chi connectivity index (χ1n) is 13.2. The van der Waals surface area contributed by atoms with E-state index in [-0.39, 0.29) is 30.2 Å². The van der Waals surface area contributed by atoms with Crippen molar-refractivity contribution in [1.29, 1.82) is 5.41 Å². The lowest BCUT2D eigenvalue weighted by molar-refractivity contribution is -0.138. The molecule has 2 aromatic heterocycles. The molecule has 0 bridgehead atoms. The number of amidine groups is 1. The number of nitrogens with two attached hydrogens (primary N) is 1. The van der Waals surface area contributed by atoms with Crippen molar-refractivity contribution in [3.05, 3.63) is 69.9 Å². The normalized spacial score (nSPS) is 14.8. The number of carbonyl (C=O) groups is 3. The Morgan fingerprint density at radius 1 is 1.20 bits per heavy atom. The van der Waals surface area contributed by atoms with Crippen LogP contribution in [0.15, 0.2) is 58.3 Å². The Balaban J connectivity index is 0.000000227. The molecule has 1 aliphatic heterocycles. The number of amides is 3. The van der Waals surface area contributed by atoms with E-state index in [9.17, 15) is 14.4 Å². The third kappa shape index (κ3) is 8.15. The van der Waals surface area contributed by atoms with Crippen LogP contribution in [0.1, 0.15) is 41.8 Å². The monoisotopic (exact) mass is 579 g/mol. The minimum atomic E-state index is -0.513. The topological polar surface area (TPSA) is 151 Å². The van der Waals surface area contributed by atoms with Crippen molar-refractivity contribution in [1.82, 2.24) is 15.5 Å². The molecule has 4 aromatic rings. The number of aryl methyl sites for hydroxylation is 1. The van der Waals surface area contributed by atoms with Gasteiger partial charge in [0.25, 0.3) is 0 Å². The first-order valence-corrected chi connectivity index (χ1v) is 14.1. The molecular weight excluding hydrogens is 542 g/mol. The molecule has 0 spiro atoms. The first-order chi connectivity index (χ1) is 19.7. The molecule has 3 amide bonds. The summed E-state index contributed by atoms with van der Waals surface area (Å²) < 4.78 is 9.96. The number of rotatable bonds is 7. The molecular formula is C30H37N5O5S. The Morgan fingerprint density at radius 3 is 2.59 bits per heavy atom. The maximum absolute atomic E-state index is 12.5. The quantitative estimate of drug-likeness (QED) is 0.147. The summed E-state index contributed by atoms with van der Waals surface area (Å²) in [7, 11) is 3.25. The highest BCUT2D eigenvalue weighted by molar-refractivity contribution is 7.10. The first kappa shape index (κ1) is 31.3. The van der Waals surface area contributed by atoms with Crippen LogP contribution in [-0.2, 0) is 19.1 Å². The fraction of sp³-hybridized carbons (Fsp3) is 0.333. The van der Waals surface area contributed by atoms with Gasteiger partial charge in [0.2, 0.25) is 18.2 Å². The van der Waals surface area contributed by atoms with E-state index < -0.39 is 6.04 Å². The highest BCUT2D eigenvalue weighted by Crippen LogP contribution is 2.29. The van der Waals surface area contributed by atoms with Gasteiger partial charge in [-0.1, -0.05) is 29.8 Å². The van der Waals surface area contributed by atoms with Crippen LogP contribution in [-0.4, -0.2) is 62.3 Å². The van der Waals surface area contributed by atoms with Crippen LogP contribution in [0.25, 0.3) is 21.9 Å². The lowest BCUT2D eigenvalue weighted by Crippen LogP contribution is -2.48. The third-order valence-corrected chi connectivity index (χ3v) is 7.58. The molecule has 1 fully saturated rings. The number of benzene rings is 2. The van der Waals surface area contributed by atoms with Gasteiger partial charge < -0.3 is 30.4 Å². The predicted octanol–water partition coefficient (Wildman–Crippen LogP) is 4.10. The summed E-state index contributed by atoms with van der Waals surface area (Å²) in [5.41, 5.74) is 9.28. The van der Waals surface area contributed by atoms with Crippen LogP contribution in [0.2, 0.25) is 0 Å². The Labute approximate surface area is 243 Å². The van der Waals surface area contributed by atoms with Gasteiger partial charge in [-0.3, -0.25) is 19.8 Å². The number of ether oxygens (including phenoxy) is 1. The molecule has 10 nitrogen and oxygen atoms in total. The fourth-order valence-corrected chi connectivity index (χ4v) is 5.43. The number of fused-ring (bicyclic) bond motifs is 3. The second-order valence-electron chi connectivity index (χ2n) is 9.63. The standard InChI is InChI=1S/C15H21N5O3S.C13H10O.C2H6O/c1-9(12-5-10(7-24-12)14(16)17)19-15(23)11-3-2-4-20(11)13(22)6-18-8-21;1-9-6-7-13-11(8-9)10-4-2-3-5-12(10)14-13;1-3-2/h5,7-9,11H,2-4,6H2,1H3,(H3,16,17)(H,18,21)(H,19,23);2-8H,1H3;1-2H3/t9-,11?;;/m1../s1. The molecule has 0 radical (unpaired) electrons. The smallest absolute Gasteiger partial charge is 0.243 e. The molecule has 218 valence electrons. The lowest BCUT2D eigenvalue weighted by atomic mass is 10.1. The van der Waals surface area contributed by atoms with Crippen molar-refractivity contribution in [2.75, 3.05) is 27.3 Å². The second-order valence-corrected chi connectivity index (χ2v) is 10.6. The van der Waals surface area contributed by atoms with Gasteiger partial charge in [0, 0.05) is 47.4 Å². The molecule has 1 aliphatic rings. The SMILES string of the molecule is COC.C[C@@H](NC(=O)C1CCCN1C(=O)CNC=O)c1cc(C(=N)N)cs1.Cc1ccc2oc3ccccc3c2c1. The molecule has 11 heteroatoms. The number of para-hydroxylation sites is 1. The van der Waals surface area contributed by atoms with Crippen LogP contribution in [0.5, 0.6) is 0 Å². The molecule has 5 N–H and O–H groups in total. The minimum Gasteiger partial charge on any atom is -0.456 e. The number of hydrogen-bond donors (Lipinski definition) is 4. The van der Waals surface area contributed by atoms with Gasteiger partial charge in [-0.25, -0.2) is 0 Å². The van der Waals surface area contributed by atoms with Gasteiger partial charge >= 0.3 is 0 Å². The van der Waals surface area contributed by atoms with Gasteiger partial charge in [-0.2, -0.15) is 0 Å². The van der Waals surface area contributed by atoms with Crippen LogP contribution in [0, 0.1) is 12.3 Å². The van der Waals surface area contributed by atoms with E-state index in [1.807, 2.05) is 31.2 Å². The van der Waals surface area contributed by atoms with Crippen LogP contribution in [0.3, 0.4) is 0 Å². The number of furan rings is 1. The Hall–Kier alpha value is -4.22. The summed E-state index contributed by atoms with van der Waals surface area (Å²) in [6.07, 6.45) is 1.83. The number of nitrogens with zero attached hydrogens (tertiary/aromatic N) is 1. The second kappa shape index (κ2) is 15.0. The lowest BCUT2D eigenvalue weighted by Gasteiger charge is -2.25. The summed E-state index contributed by atoms with van der Waals surface area (Å²) in [6.45, 7) is 4.36. The molecule has 1 unspecified atom stereocenters. The van der Waals surface area contributed by atoms with Crippen molar-refractivity contribution in [2.24, 2.45) is 5.73 Å². The van der Waals surface area contributed by atoms with E-state index in [2.05, 4.69) is 40.5 Å². The summed E-state index contributed by atoms with van der Waals surface area (Å²) in [4.78, 5) is 37.3. The summed E-state index contributed by atoms with van der Waals surface area (Å²) >= 11 is 1.42. The molecule has 3 heterocycles. The van der Waals surface area contributed by atoms with Crippen molar-refractivity contribution < 1.29 is 23.5 Å². The molecule has 41 heavy (non-hydrogen) atoms. The van der Waals surface area contributed by atoms with Gasteiger partial charge in [0.1, 0.15) is 23.0 Å². The molecule has 5 rings (SSSR count). The van der Waals surface area contributed by atoms with Crippen molar-refractivity contribution >= 4 is 57.3 Å². The van der Waals surface area contributed by atoms with Gasteiger partial charge in [-0.05, 0) is 51.0 Å². The number of methoxy groups -OCH3 is 1. The number of nitrogen functional groups attached to an aromatic ring is 1. The Kier molecular flexibility index (Phi) is 11.4. The summed E-state index contributed by atoms with van der Waals surface area (Å²) in [5.74, 6) is -0.481. The largest absolute Gasteiger partial charge is 0.456 e. The minimum absolute atomic E-state index is 0.00808. The molecule has 0 aliphatic carbocycles. The summed E-state index contributed by atoms with van der Waals surface area (Å²) in [5, 5.41) is 16.8. The van der Waals surface area contributed by atoms with E-state index in [0.29, 0.717) is 24.9 Å². The maximum atomic E-state index is 12.5. The van der Waals surface area contributed by atoms with Crippen LogP contribution in [0.4, 0.5) is 0 Å². The predicted molar refractivity (Wildman–Crippen MR) is 162 cm³/mol. The maximum Gasteiger partial charge on any atom is 0.243 e. The third-order valence-electron chi connectivity index (χ3n) is 6.46. The highest BCUT2D eigenvalue weighted by Gasteiger charge is 2.34. The number of nitrogens with one attached hydrogen (secondary N) is 3. The van der Waals surface area contributed by atoms with E-state index >= 15 is 0 Å². The summed E-state index contributed by atoms with van der Waals surface area (Å²) in [6, 6.07) is 15.4. The Morgan fingerprint density at radius 2 is 1.90 bits per heavy atom. The highest BCUT2D eigenvalue weighted by atomic mass is 32.1.